The van der Waals surface area contributed by atoms with E-state index in [9.17, 15) is 20.3 Å². The van der Waals surface area contributed by atoms with E-state index in [2.05, 4.69) is 4.98 Å². The van der Waals surface area contributed by atoms with Crippen LogP contribution in [0.3, 0.4) is 0 Å². The van der Waals surface area contributed by atoms with Gasteiger partial charge in [0.25, 0.3) is 0 Å². The van der Waals surface area contributed by atoms with E-state index in [0.717, 1.165) is 0 Å². The Morgan fingerprint density at radius 2 is 1.85 bits per heavy atom. The van der Waals surface area contributed by atoms with Crippen molar-refractivity contribution in [2.24, 2.45) is 0 Å². The Hall–Kier alpha value is -2.85. The van der Waals surface area contributed by atoms with Gasteiger partial charge in [0.15, 0.2) is 0 Å². The Morgan fingerprint density at radius 3 is 2.50 bits per heavy atom. The average Bonchev–Trinajstić information content (AvgIpc) is 2.61. The van der Waals surface area contributed by atoms with Crippen molar-refractivity contribution in [1.29, 1.82) is 5.26 Å². The van der Waals surface area contributed by atoms with Crippen LogP contribution in [0.5, 0.6) is 5.75 Å². The standard InChI is InChI=1S/C19H13N3O3.Na/c20-10-15-14(11-4-3-5-12(8-11)19(24)25)9-16(22-18(15)21)13-6-1-2-7-17(13)23;/h1-9,23H,(H2,21,22)(H,24,25);/q;+1/p-1. The number of carbonyl (C=O) groups is 1. The van der Waals surface area contributed by atoms with Crippen molar-refractivity contribution in [3.05, 3.63) is 65.7 Å². The van der Waals surface area contributed by atoms with Crippen molar-refractivity contribution in [3.63, 3.8) is 0 Å². The zero-order valence-corrected chi connectivity index (χ0v) is 15.9. The van der Waals surface area contributed by atoms with E-state index >= 15 is 0 Å². The van der Waals surface area contributed by atoms with Crippen LogP contribution in [-0.4, -0.2) is 16.1 Å². The molecule has 3 N–H and O–H groups in total. The number of aromatic hydroxyl groups is 1. The van der Waals surface area contributed by atoms with Gasteiger partial charge in [-0.1, -0.05) is 30.3 Å². The molecule has 3 rings (SSSR count). The number of carboxylic acids is 1. The Kier molecular flexibility index (Phi) is 6.01. The summed E-state index contributed by atoms with van der Waals surface area (Å²) in [6, 6.07) is 16.2. The summed E-state index contributed by atoms with van der Waals surface area (Å²) in [6.45, 7) is 0. The van der Waals surface area contributed by atoms with Crippen LogP contribution in [0.2, 0.25) is 0 Å². The van der Waals surface area contributed by atoms with Gasteiger partial charge < -0.3 is 20.7 Å². The molecular weight excluding hydrogens is 341 g/mol. The zero-order chi connectivity index (χ0) is 18.0. The smallest absolute Gasteiger partial charge is 0.545 e. The van der Waals surface area contributed by atoms with Gasteiger partial charge in [0.1, 0.15) is 23.2 Å². The second-order valence-electron chi connectivity index (χ2n) is 5.31. The third-order valence-electron chi connectivity index (χ3n) is 3.75. The number of aromatic nitrogens is 1. The molecule has 0 saturated heterocycles. The molecule has 2 aromatic carbocycles. The number of aromatic carboxylic acids is 1. The molecule has 122 valence electrons. The number of carbonyl (C=O) groups excluding carboxylic acids is 1. The van der Waals surface area contributed by atoms with Crippen molar-refractivity contribution in [3.8, 4) is 34.2 Å². The van der Waals surface area contributed by atoms with Crippen LogP contribution in [0, 0.1) is 11.3 Å². The number of nitrogens with zero attached hydrogens (tertiary/aromatic N) is 2. The summed E-state index contributed by atoms with van der Waals surface area (Å²) in [5.74, 6) is -1.30. The van der Waals surface area contributed by atoms with Crippen molar-refractivity contribution in [1.82, 2.24) is 4.98 Å². The van der Waals surface area contributed by atoms with Gasteiger partial charge in [-0.15, -0.1) is 0 Å². The van der Waals surface area contributed by atoms with E-state index in [4.69, 9.17) is 5.73 Å². The molecule has 0 aliphatic carbocycles. The third kappa shape index (κ3) is 3.70. The SMILES string of the molecule is N#Cc1c(-c2cccc(C(=O)[O-])c2)cc(-c2ccccc2O)nc1N.[Na+]. The minimum Gasteiger partial charge on any atom is -0.545 e. The maximum atomic E-state index is 11.1. The fraction of sp³-hybridized carbons (Fsp3) is 0. The molecule has 0 radical (unpaired) electrons. The predicted molar refractivity (Wildman–Crippen MR) is 90.2 cm³/mol. The molecule has 6 nitrogen and oxygen atoms in total. The van der Waals surface area contributed by atoms with Gasteiger partial charge in [-0.25, -0.2) is 4.98 Å². The van der Waals surface area contributed by atoms with E-state index in [1.54, 1.807) is 36.4 Å². The van der Waals surface area contributed by atoms with Crippen LogP contribution >= 0.6 is 0 Å². The number of rotatable bonds is 3. The summed E-state index contributed by atoms with van der Waals surface area (Å²) in [5, 5.41) is 30.5. The van der Waals surface area contributed by atoms with Gasteiger partial charge >= 0.3 is 29.6 Å². The number of nitrogen functional groups attached to an aromatic ring is 1. The van der Waals surface area contributed by atoms with Crippen molar-refractivity contribution in [2.45, 2.75) is 0 Å². The van der Waals surface area contributed by atoms with Crippen LogP contribution in [-0.2, 0) is 0 Å². The molecule has 0 unspecified atom stereocenters. The van der Waals surface area contributed by atoms with E-state index in [0.29, 0.717) is 22.4 Å². The van der Waals surface area contributed by atoms with Crippen molar-refractivity contribution in [2.75, 3.05) is 5.73 Å². The molecule has 0 spiro atoms. The van der Waals surface area contributed by atoms with Crippen LogP contribution in [0.1, 0.15) is 15.9 Å². The molecule has 0 fully saturated rings. The number of hydrogen-bond acceptors (Lipinski definition) is 6. The van der Waals surface area contributed by atoms with E-state index in [1.807, 2.05) is 6.07 Å². The number of phenols is 1. The van der Waals surface area contributed by atoms with E-state index in [1.165, 1.54) is 18.2 Å². The average molecular weight is 353 g/mol. The number of anilines is 1. The van der Waals surface area contributed by atoms with E-state index in [-0.39, 0.29) is 52.3 Å². The monoisotopic (exact) mass is 353 g/mol. The maximum Gasteiger partial charge on any atom is 1.00 e. The van der Waals surface area contributed by atoms with Crippen LogP contribution in [0.15, 0.2) is 54.6 Å². The molecule has 1 aromatic heterocycles. The third-order valence-corrected chi connectivity index (χ3v) is 3.75. The minimum absolute atomic E-state index is 0. The number of benzene rings is 2. The summed E-state index contributed by atoms with van der Waals surface area (Å²) < 4.78 is 0. The number of nitrogens with two attached hydrogens (primary N) is 1. The first-order chi connectivity index (χ1) is 12.0. The van der Waals surface area contributed by atoms with Gasteiger partial charge in [-0.3, -0.25) is 0 Å². The summed E-state index contributed by atoms with van der Waals surface area (Å²) >= 11 is 0. The van der Waals surface area contributed by atoms with Gasteiger partial charge in [0, 0.05) is 11.1 Å². The summed E-state index contributed by atoms with van der Waals surface area (Å²) in [7, 11) is 0. The summed E-state index contributed by atoms with van der Waals surface area (Å²) in [4.78, 5) is 15.3. The molecule has 0 bridgehead atoms. The molecular formula is C19H12N3NaO3. The predicted octanol–water partition coefficient (Wildman–Crippen LogP) is -1.06. The molecule has 7 heteroatoms. The molecule has 0 atom stereocenters. The number of carboxylic acid groups (broad SMARTS) is 1. The zero-order valence-electron chi connectivity index (χ0n) is 13.9. The summed E-state index contributed by atoms with van der Waals surface area (Å²) in [6.07, 6.45) is 0. The second-order valence-corrected chi connectivity index (χ2v) is 5.31. The van der Waals surface area contributed by atoms with E-state index < -0.39 is 5.97 Å². The quantitative estimate of drug-likeness (QED) is 0.579. The van der Waals surface area contributed by atoms with Gasteiger partial charge in [0.2, 0.25) is 0 Å². The van der Waals surface area contributed by atoms with Crippen LogP contribution < -0.4 is 40.4 Å². The van der Waals surface area contributed by atoms with Gasteiger partial charge in [-0.2, -0.15) is 5.26 Å². The number of phenolic OH excluding ortho intramolecular Hbond substituents is 1. The molecule has 0 aliphatic heterocycles. The molecule has 0 saturated carbocycles. The molecule has 26 heavy (non-hydrogen) atoms. The topological polar surface area (TPSA) is 123 Å². The number of hydrogen-bond donors (Lipinski definition) is 2. The maximum absolute atomic E-state index is 11.1. The summed E-state index contributed by atoms with van der Waals surface area (Å²) in [5.41, 5.74) is 7.78. The fourth-order valence-electron chi connectivity index (χ4n) is 2.55. The Morgan fingerprint density at radius 1 is 1.12 bits per heavy atom. The molecule has 1 heterocycles. The molecule has 0 aliphatic rings. The number of nitriles is 1. The number of para-hydroxylation sites is 1. The fourth-order valence-corrected chi connectivity index (χ4v) is 2.55. The Labute approximate surface area is 171 Å². The Bertz CT molecular complexity index is 1030. The molecule has 3 aromatic rings. The first-order valence-electron chi connectivity index (χ1n) is 7.32. The van der Waals surface area contributed by atoms with Crippen LogP contribution in [0.25, 0.3) is 22.4 Å². The first kappa shape index (κ1) is 19.5. The van der Waals surface area contributed by atoms with Gasteiger partial charge in [-0.05, 0) is 35.4 Å². The van der Waals surface area contributed by atoms with Crippen molar-refractivity contribution >= 4 is 11.8 Å². The van der Waals surface area contributed by atoms with Gasteiger partial charge in [0.05, 0.1) is 11.7 Å². The van der Waals surface area contributed by atoms with Crippen LogP contribution in [0.4, 0.5) is 5.82 Å². The Balaban J connectivity index is 0.00000243. The first-order valence-corrected chi connectivity index (χ1v) is 7.32. The minimum atomic E-state index is -1.32. The normalized spacial score (nSPS) is 9.81. The van der Waals surface area contributed by atoms with Crippen molar-refractivity contribution < 1.29 is 44.6 Å². The molecule has 0 amide bonds. The number of pyridine rings is 1. The largest absolute Gasteiger partial charge is 1.00 e. The second kappa shape index (κ2) is 8.02.